The number of carbonyl (C=O) groups excluding carboxylic acids is 1. The molecule has 2 aliphatic heterocycles. The molecule has 1 spiro atoms. The van der Waals surface area contributed by atoms with Gasteiger partial charge in [-0.15, -0.1) is 0 Å². The minimum Gasteiger partial charge on any atom is -0.496 e. The van der Waals surface area contributed by atoms with Crippen molar-refractivity contribution in [2.45, 2.75) is 51.1 Å². The third-order valence-electron chi connectivity index (χ3n) is 8.85. The molecule has 1 aliphatic carbocycles. The molecule has 8 heteroatoms. The number of benzene rings is 2. The van der Waals surface area contributed by atoms with E-state index in [0.717, 1.165) is 39.8 Å². The van der Waals surface area contributed by atoms with Gasteiger partial charge in [-0.05, 0) is 67.1 Å². The first-order valence-corrected chi connectivity index (χ1v) is 13.3. The third-order valence-corrected chi connectivity index (χ3v) is 8.85. The molecule has 1 amide bonds. The normalized spacial score (nSPS) is 22.6. The van der Waals surface area contributed by atoms with E-state index < -0.39 is 5.92 Å². The maximum absolute atomic E-state index is 14.0. The van der Waals surface area contributed by atoms with Gasteiger partial charge in [0.05, 0.1) is 19.1 Å². The van der Waals surface area contributed by atoms with Crippen LogP contribution in [0.4, 0.5) is 8.78 Å². The van der Waals surface area contributed by atoms with Crippen LogP contribution in [0.15, 0.2) is 42.6 Å². The van der Waals surface area contributed by atoms with Gasteiger partial charge in [0.25, 0.3) is 5.91 Å². The number of rotatable bonds is 5. The number of hydrogen-bond donors (Lipinski definition) is 1. The Labute approximate surface area is 221 Å². The number of nitrogens with one attached hydrogen (secondary N) is 1. The van der Waals surface area contributed by atoms with Crippen LogP contribution in [0, 0.1) is 29.6 Å². The number of halogens is 2. The molecule has 0 radical (unpaired) electrons. The molecule has 0 unspecified atom stereocenters. The number of piperidine rings is 1. The van der Waals surface area contributed by atoms with Gasteiger partial charge in [-0.2, -0.15) is 5.26 Å². The molecule has 3 aromatic rings. The molecule has 1 saturated carbocycles. The highest BCUT2D eigenvalue weighted by atomic mass is 19.3. The molecule has 2 saturated heterocycles. The van der Waals surface area contributed by atoms with E-state index in [0.29, 0.717) is 38.2 Å². The number of amides is 1. The van der Waals surface area contributed by atoms with Crippen LogP contribution in [0.25, 0.3) is 10.9 Å². The maximum Gasteiger partial charge on any atom is 0.253 e. The van der Waals surface area contributed by atoms with Gasteiger partial charge in [0, 0.05) is 66.7 Å². The van der Waals surface area contributed by atoms with E-state index >= 15 is 0 Å². The predicted octanol–water partition coefficient (Wildman–Crippen LogP) is 5.83. The molecule has 2 aromatic carbocycles. The highest BCUT2D eigenvalue weighted by Crippen LogP contribution is 2.60. The number of carbonyl (C=O) groups is 1. The van der Waals surface area contributed by atoms with Crippen LogP contribution in [0.3, 0.4) is 0 Å². The van der Waals surface area contributed by atoms with Crippen molar-refractivity contribution in [1.82, 2.24) is 14.8 Å². The second-order valence-electron chi connectivity index (χ2n) is 11.4. The number of aryl methyl sites for hydroxylation is 1. The Bertz CT molecular complexity index is 1410. The van der Waals surface area contributed by atoms with Crippen LogP contribution in [0.1, 0.15) is 58.8 Å². The van der Waals surface area contributed by atoms with Gasteiger partial charge in [-0.3, -0.25) is 9.69 Å². The van der Waals surface area contributed by atoms with Crippen molar-refractivity contribution in [2.24, 2.45) is 11.3 Å². The van der Waals surface area contributed by atoms with E-state index in [1.54, 1.807) is 12.0 Å². The number of H-pyrrole nitrogens is 1. The molecule has 1 aromatic heterocycles. The summed E-state index contributed by atoms with van der Waals surface area (Å²) >= 11 is 0. The third kappa shape index (κ3) is 4.23. The quantitative estimate of drug-likeness (QED) is 0.461. The van der Waals surface area contributed by atoms with Crippen molar-refractivity contribution in [3.63, 3.8) is 0 Å². The standard InChI is InChI=1S/C30H32F2N4O2/c1-19-11-26(38-2)24(23-7-9-34-27(19)23)16-35-10-8-29(17-30(31,32)18-29)12-25(35)21-3-5-22(6-4-21)28(37)36-14-20(13-33)15-36/h3-7,9,11,20,25,34H,8,10,12,14-18H2,1-2H3/t25-/m1/s1. The summed E-state index contributed by atoms with van der Waals surface area (Å²) in [7, 11) is 1.68. The number of methoxy groups -OCH3 is 1. The Balaban J connectivity index is 1.29. The topological polar surface area (TPSA) is 72.4 Å². The fourth-order valence-corrected chi connectivity index (χ4v) is 6.80. The number of fused-ring (bicyclic) bond motifs is 1. The number of nitriles is 1. The Kier molecular flexibility index (Phi) is 5.95. The molecule has 38 heavy (non-hydrogen) atoms. The van der Waals surface area contributed by atoms with Crippen molar-refractivity contribution >= 4 is 16.8 Å². The Morgan fingerprint density at radius 3 is 2.61 bits per heavy atom. The number of aromatic nitrogens is 1. The summed E-state index contributed by atoms with van der Waals surface area (Å²) in [5.74, 6) is -1.90. The first-order chi connectivity index (χ1) is 18.2. The summed E-state index contributed by atoms with van der Waals surface area (Å²) < 4.78 is 33.8. The fourth-order valence-electron chi connectivity index (χ4n) is 6.80. The van der Waals surface area contributed by atoms with Crippen molar-refractivity contribution in [3.8, 4) is 11.8 Å². The smallest absolute Gasteiger partial charge is 0.253 e. The molecule has 3 aliphatic rings. The molecule has 3 heterocycles. The molecule has 1 atom stereocenters. The SMILES string of the molecule is COc1cc(C)c2[nH]ccc2c1CN1CCC2(C[C@@H]1c1ccc(C(=O)N3CC(C#N)C3)cc1)CC(F)(F)C2. The lowest BCUT2D eigenvalue weighted by atomic mass is 9.59. The Morgan fingerprint density at radius 1 is 1.21 bits per heavy atom. The molecule has 3 fully saturated rings. The number of likely N-dealkylation sites (tertiary alicyclic amines) is 2. The summed E-state index contributed by atoms with van der Waals surface area (Å²) in [4.78, 5) is 20.2. The van der Waals surface area contributed by atoms with Gasteiger partial charge < -0.3 is 14.6 Å². The number of nitrogens with zero attached hydrogens (tertiary/aromatic N) is 3. The van der Waals surface area contributed by atoms with E-state index in [1.165, 1.54) is 0 Å². The highest BCUT2D eigenvalue weighted by molar-refractivity contribution is 5.94. The first-order valence-electron chi connectivity index (χ1n) is 13.3. The Morgan fingerprint density at radius 2 is 1.95 bits per heavy atom. The largest absolute Gasteiger partial charge is 0.496 e. The van der Waals surface area contributed by atoms with Crippen LogP contribution in [0.5, 0.6) is 5.75 Å². The van der Waals surface area contributed by atoms with E-state index in [2.05, 4.69) is 28.9 Å². The fraction of sp³-hybridized carbons (Fsp3) is 0.467. The molecule has 198 valence electrons. The monoisotopic (exact) mass is 518 g/mol. The summed E-state index contributed by atoms with van der Waals surface area (Å²) in [6.45, 7) is 4.35. The van der Waals surface area contributed by atoms with E-state index in [9.17, 15) is 13.6 Å². The van der Waals surface area contributed by atoms with Gasteiger partial charge in [0.2, 0.25) is 5.92 Å². The minimum atomic E-state index is -2.57. The zero-order valence-corrected chi connectivity index (χ0v) is 21.8. The van der Waals surface area contributed by atoms with Crippen molar-refractivity contribution < 1.29 is 18.3 Å². The van der Waals surface area contributed by atoms with Gasteiger partial charge in [0.15, 0.2) is 0 Å². The molecule has 1 N–H and O–H groups in total. The molecule has 6 nitrogen and oxygen atoms in total. The van der Waals surface area contributed by atoms with Crippen LogP contribution in [0.2, 0.25) is 0 Å². The predicted molar refractivity (Wildman–Crippen MR) is 140 cm³/mol. The molecular formula is C30H32F2N4O2. The average Bonchev–Trinajstić information content (AvgIpc) is 3.35. The van der Waals surface area contributed by atoms with Crippen LogP contribution >= 0.6 is 0 Å². The lowest BCUT2D eigenvalue weighted by Gasteiger charge is -2.54. The zero-order valence-electron chi connectivity index (χ0n) is 21.8. The summed E-state index contributed by atoms with van der Waals surface area (Å²) in [6.07, 6.45) is 3.25. The van der Waals surface area contributed by atoms with Crippen LogP contribution in [-0.2, 0) is 6.54 Å². The Hall–Kier alpha value is -3.44. The van der Waals surface area contributed by atoms with E-state index in [4.69, 9.17) is 10.00 Å². The van der Waals surface area contributed by atoms with Crippen molar-refractivity contribution in [2.75, 3.05) is 26.7 Å². The number of hydrogen-bond acceptors (Lipinski definition) is 4. The van der Waals surface area contributed by atoms with Crippen molar-refractivity contribution in [3.05, 3.63) is 64.8 Å². The van der Waals surface area contributed by atoms with Crippen LogP contribution in [-0.4, -0.2) is 53.4 Å². The van der Waals surface area contributed by atoms with Gasteiger partial charge >= 0.3 is 0 Å². The summed E-state index contributed by atoms with van der Waals surface area (Å²) in [5, 5.41) is 10.1. The van der Waals surface area contributed by atoms with Gasteiger partial charge in [-0.25, -0.2) is 8.78 Å². The maximum atomic E-state index is 14.0. The molecule has 6 rings (SSSR count). The minimum absolute atomic E-state index is 0.0454. The summed E-state index contributed by atoms with van der Waals surface area (Å²) in [5.41, 5.74) is 4.56. The molecule has 0 bridgehead atoms. The van der Waals surface area contributed by atoms with Crippen LogP contribution < -0.4 is 4.74 Å². The van der Waals surface area contributed by atoms with E-state index in [1.807, 2.05) is 36.5 Å². The van der Waals surface area contributed by atoms with Gasteiger partial charge in [-0.1, -0.05) is 12.1 Å². The number of aromatic amines is 1. The zero-order chi connectivity index (χ0) is 26.7. The van der Waals surface area contributed by atoms with Gasteiger partial charge in [0.1, 0.15) is 5.75 Å². The highest BCUT2D eigenvalue weighted by Gasteiger charge is 2.58. The second-order valence-corrected chi connectivity index (χ2v) is 11.4. The second kappa shape index (κ2) is 9.09. The lowest BCUT2D eigenvalue weighted by Crippen LogP contribution is -2.53. The molecular weight excluding hydrogens is 486 g/mol. The van der Waals surface area contributed by atoms with E-state index in [-0.39, 0.29) is 36.1 Å². The number of ether oxygens (including phenoxy) is 1. The lowest BCUT2D eigenvalue weighted by molar-refractivity contribution is -0.186. The summed E-state index contributed by atoms with van der Waals surface area (Å²) in [6, 6.07) is 13.9. The first kappa shape index (κ1) is 24.9. The average molecular weight is 519 g/mol. The number of alkyl halides is 2. The van der Waals surface area contributed by atoms with Crippen molar-refractivity contribution in [1.29, 1.82) is 5.26 Å².